The summed E-state index contributed by atoms with van der Waals surface area (Å²) >= 11 is 0. The molecule has 432 valence electrons. The second-order valence-corrected chi connectivity index (χ2v) is 22.6. The van der Waals surface area contributed by atoms with Gasteiger partial charge in [0, 0.05) is 6.42 Å². The monoisotopic (exact) mass is 1030 g/mol. The van der Waals surface area contributed by atoms with Gasteiger partial charge in [0.2, 0.25) is 5.91 Å². The van der Waals surface area contributed by atoms with Crippen LogP contribution in [0.2, 0.25) is 0 Å². The fourth-order valence-corrected chi connectivity index (χ4v) is 10.4. The number of nitrogens with one attached hydrogen (secondary N) is 1. The molecule has 6 N–H and O–H groups in total. The highest BCUT2D eigenvalue weighted by molar-refractivity contribution is 5.76. The molecule has 1 amide bonds. The first-order valence-electron chi connectivity index (χ1n) is 32.1. The fourth-order valence-electron chi connectivity index (χ4n) is 10.4. The molecule has 1 heterocycles. The Morgan fingerprint density at radius 1 is 0.452 bits per heavy atom. The van der Waals surface area contributed by atoms with Crippen molar-refractivity contribution in [3.63, 3.8) is 0 Å². The van der Waals surface area contributed by atoms with E-state index in [0.717, 1.165) is 38.5 Å². The molecule has 9 nitrogen and oxygen atoms in total. The molecule has 7 atom stereocenters. The zero-order chi connectivity index (χ0) is 52.9. The molecule has 0 bridgehead atoms. The van der Waals surface area contributed by atoms with Crippen molar-refractivity contribution in [1.82, 2.24) is 5.32 Å². The topological polar surface area (TPSA) is 149 Å². The van der Waals surface area contributed by atoms with Gasteiger partial charge in [-0.3, -0.25) is 4.79 Å². The number of rotatable bonds is 56. The van der Waals surface area contributed by atoms with Gasteiger partial charge in [-0.15, -0.1) is 0 Å². The van der Waals surface area contributed by atoms with Crippen molar-refractivity contribution in [2.75, 3.05) is 13.2 Å². The number of allylic oxidation sites excluding steroid dienone is 3. The van der Waals surface area contributed by atoms with Crippen molar-refractivity contribution in [1.29, 1.82) is 0 Å². The van der Waals surface area contributed by atoms with Gasteiger partial charge in [0.25, 0.3) is 0 Å². The van der Waals surface area contributed by atoms with Crippen LogP contribution in [0, 0.1) is 0 Å². The van der Waals surface area contributed by atoms with Crippen LogP contribution in [0.4, 0.5) is 0 Å². The molecule has 0 aromatic carbocycles. The van der Waals surface area contributed by atoms with Crippen molar-refractivity contribution < 1.29 is 39.8 Å². The summed E-state index contributed by atoms with van der Waals surface area (Å²) in [7, 11) is 0. The molecule has 0 spiro atoms. The summed E-state index contributed by atoms with van der Waals surface area (Å²) in [5.74, 6) is -0.170. The average Bonchev–Trinajstić information content (AvgIpc) is 3.39. The second-order valence-electron chi connectivity index (χ2n) is 22.6. The SMILES string of the molecule is CCCCCCCCCC/C=C\CCCCCCCCCCCCCCCCCCCCCC(=O)NC(COC1OC(CO)C(O)C(O)C1O)C(O)/C=C/CCCCCCCCCCCCCCCCCCC. The number of aliphatic hydroxyl groups is 5. The van der Waals surface area contributed by atoms with Gasteiger partial charge in [-0.1, -0.05) is 295 Å². The lowest BCUT2D eigenvalue weighted by Gasteiger charge is -2.40. The molecule has 0 aromatic rings. The molecule has 0 aromatic heterocycles. The molecule has 1 saturated heterocycles. The largest absolute Gasteiger partial charge is 0.394 e. The molecular weight excluding hydrogens is 911 g/mol. The number of hydrogen-bond donors (Lipinski definition) is 6. The van der Waals surface area contributed by atoms with Crippen molar-refractivity contribution in [2.45, 2.75) is 365 Å². The predicted molar refractivity (Wildman–Crippen MR) is 309 cm³/mol. The summed E-state index contributed by atoms with van der Waals surface area (Å²) in [5, 5.41) is 54.6. The minimum Gasteiger partial charge on any atom is -0.394 e. The zero-order valence-corrected chi connectivity index (χ0v) is 48.2. The molecule has 1 aliphatic heterocycles. The van der Waals surface area contributed by atoms with Crippen LogP contribution >= 0.6 is 0 Å². The van der Waals surface area contributed by atoms with Crippen LogP contribution < -0.4 is 5.32 Å². The number of carbonyl (C=O) groups excluding carboxylic acids is 1. The van der Waals surface area contributed by atoms with Gasteiger partial charge in [-0.05, 0) is 44.9 Å². The third kappa shape index (κ3) is 43.4. The Balaban J connectivity index is 2.13. The summed E-state index contributed by atoms with van der Waals surface area (Å²) < 4.78 is 11.3. The van der Waals surface area contributed by atoms with Crippen LogP contribution in [0.25, 0.3) is 0 Å². The Morgan fingerprint density at radius 3 is 1.11 bits per heavy atom. The summed E-state index contributed by atoms with van der Waals surface area (Å²) in [6.07, 6.45) is 62.7. The number of amides is 1. The average molecular weight is 1030 g/mol. The molecule has 0 saturated carbocycles. The number of carbonyl (C=O) groups is 1. The molecule has 0 aliphatic carbocycles. The first-order chi connectivity index (χ1) is 35.8. The van der Waals surface area contributed by atoms with Crippen LogP contribution in [-0.4, -0.2) is 87.5 Å². The standard InChI is InChI=1S/C64H123NO8/c1-3-5-7-9-11-13-15-17-19-21-23-24-25-26-27-28-29-30-31-32-33-34-36-38-40-42-44-46-48-50-52-54-60(68)65-57(56-72-64-63(71)62(70)61(69)59(55-66)73-64)58(67)53-51-49-47-45-43-41-39-37-35-22-20-18-16-14-12-10-8-6-4-2/h21,23,51,53,57-59,61-64,66-67,69-71H,3-20,22,24-50,52,54-56H2,1-2H3,(H,65,68)/b23-21-,53-51+. The van der Waals surface area contributed by atoms with E-state index >= 15 is 0 Å². The quantitative estimate of drug-likeness (QED) is 0.0261. The molecule has 1 fully saturated rings. The third-order valence-corrected chi connectivity index (χ3v) is 15.5. The van der Waals surface area contributed by atoms with E-state index in [-0.39, 0.29) is 12.5 Å². The van der Waals surface area contributed by atoms with E-state index < -0.39 is 49.5 Å². The molecule has 0 radical (unpaired) electrons. The fraction of sp³-hybridized carbons (Fsp3) is 0.922. The lowest BCUT2D eigenvalue weighted by molar-refractivity contribution is -0.302. The van der Waals surface area contributed by atoms with Gasteiger partial charge < -0.3 is 40.3 Å². The third-order valence-electron chi connectivity index (χ3n) is 15.5. The zero-order valence-electron chi connectivity index (χ0n) is 48.2. The number of ether oxygens (including phenoxy) is 2. The minimum absolute atomic E-state index is 0.170. The number of unbranched alkanes of at least 4 members (excludes halogenated alkanes) is 44. The maximum Gasteiger partial charge on any atom is 0.220 e. The molecule has 73 heavy (non-hydrogen) atoms. The molecule has 9 heteroatoms. The highest BCUT2D eigenvalue weighted by atomic mass is 16.7. The van der Waals surface area contributed by atoms with E-state index in [9.17, 15) is 30.3 Å². The molecule has 1 rings (SSSR count). The second kappa shape index (κ2) is 54.0. The van der Waals surface area contributed by atoms with E-state index in [1.807, 2.05) is 6.08 Å². The van der Waals surface area contributed by atoms with Crippen molar-refractivity contribution in [3.05, 3.63) is 24.3 Å². The van der Waals surface area contributed by atoms with Crippen molar-refractivity contribution in [3.8, 4) is 0 Å². The first-order valence-corrected chi connectivity index (χ1v) is 32.1. The van der Waals surface area contributed by atoms with Gasteiger partial charge >= 0.3 is 0 Å². The van der Waals surface area contributed by atoms with Crippen LogP contribution in [0.15, 0.2) is 24.3 Å². The lowest BCUT2D eigenvalue weighted by Crippen LogP contribution is -2.60. The predicted octanol–water partition coefficient (Wildman–Crippen LogP) is 16.5. The summed E-state index contributed by atoms with van der Waals surface area (Å²) in [5.41, 5.74) is 0. The van der Waals surface area contributed by atoms with Crippen LogP contribution in [0.3, 0.4) is 0 Å². The molecule has 1 aliphatic rings. The van der Waals surface area contributed by atoms with Gasteiger partial charge in [-0.2, -0.15) is 0 Å². The van der Waals surface area contributed by atoms with E-state index in [4.69, 9.17) is 9.47 Å². The minimum atomic E-state index is -1.56. The maximum atomic E-state index is 13.1. The van der Waals surface area contributed by atoms with E-state index in [1.54, 1.807) is 6.08 Å². The molecule has 7 unspecified atom stereocenters. The van der Waals surface area contributed by atoms with Gasteiger partial charge in [0.15, 0.2) is 6.29 Å². The Morgan fingerprint density at radius 2 is 0.767 bits per heavy atom. The van der Waals surface area contributed by atoms with Crippen molar-refractivity contribution >= 4 is 5.91 Å². The normalized spacial score (nSPS) is 19.1. The van der Waals surface area contributed by atoms with Gasteiger partial charge in [0.05, 0.1) is 25.4 Å². The highest BCUT2D eigenvalue weighted by Gasteiger charge is 2.44. The Labute approximate surface area is 451 Å². The van der Waals surface area contributed by atoms with E-state index in [1.165, 1.54) is 263 Å². The maximum absolute atomic E-state index is 13.1. The number of aliphatic hydroxyl groups excluding tert-OH is 5. The van der Waals surface area contributed by atoms with Crippen LogP contribution in [0.5, 0.6) is 0 Å². The van der Waals surface area contributed by atoms with Gasteiger partial charge in [-0.25, -0.2) is 0 Å². The Bertz CT molecular complexity index is 1200. The van der Waals surface area contributed by atoms with Gasteiger partial charge in [0.1, 0.15) is 24.4 Å². The Kier molecular flexibility index (Phi) is 51.6. The number of hydrogen-bond acceptors (Lipinski definition) is 8. The van der Waals surface area contributed by atoms with Crippen LogP contribution in [-0.2, 0) is 14.3 Å². The van der Waals surface area contributed by atoms with Crippen molar-refractivity contribution in [2.24, 2.45) is 0 Å². The summed E-state index contributed by atoms with van der Waals surface area (Å²) in [6.45, 7) is 3.82. The van der Waals surface area contributed by atoms with E-state index in [0.29, 0.717) is 6.42 Å². The Hall–Kier alpha value is -1.33. The summed E-state index contributed by atoms with van der Waals surface area (Å²) in [6, 6.07) is -0.802. The van der Waals surface area contributed by atoms with Crippen LogP contribution in [0.1, 0.15) is 322 Å². The van der Waals surface area contributed by atoms with E-state index in [2.05, 4.69) is 31.3 Å². The first kappa shape index (κ1) is 69.7. The summed E-state index contributed by atoms with van der Waals surface area (Å²) in [4.78, 5) is 13.1. The smallest absolute Gasteiger partial charge is 0.220 e. The highest BCUT2D eigenvalue weighted by Crippen LogP contribution is 2.23. The lowest BCUT2D eigenvalue weighted by atomic mass is 9.99. The molecular formula is C64H123NO8.